The molecule has 2 N–H and O–H groups in total. The number of anilines is 1. The highest BCUT2D eigenvalue weighted by atomic mass is 32.2. The maximum atomic E-state index is 10.5. The third kappa shape index (κ3) is 3.18. The molecule has 1 aromatic rings. The molecule has 1 unspecified atom stereocenters. The number of rotatable bonds is 3. The summed E-state index contributed by atoms with van der Waals surface area (Å²) in [4.78, 5) is 0. The van der Waals surface area contributed by atoms with Crippen LogP contribution in [-0.4, -0.2) is 15.8 Å². The van der Waals surface area contributed by atoms with E-state index in [9.17, 15) is 4.21 Å². The first-order valence-corrected chi connectivity index (χ1v) is 5.78. The van der Waals surface area contributed by atoms with E-state index >= 15 is 0 Å². The van der Waals surface area contributed by atoms with Gasteiger partial charge < -0.3 is 9.87 Å². The first-order valence-electron chi connectivity index (χ1n) is 4.61. The molecule has 1 rings (SSSR count). The summed E-state index contributed by atoms with van der Waals surface area (Å²) >= 11 is -1.89. The highest BCUT2D eigenvalue weighted by Gasteiger charge is 2.01. The molecule has 0 fully saturated rings. The van der Waals surface area contributed by atoms with E-state index < -0.39 is 11.1 Å². The van der Waals surface area contributed by atoms with Crippen molar-refractivity contribution in [3.63, 3.8) is 0 Å². The molecule has 82 valence electrons. The van der Waals surface area contributed by atoms with E-state index in [-0.39, 0.29) is 0 Å². The van der Waals surface area contributed by atoms with Crippen LogP contribution in [0, 0.1) is 13.8 Å². The molecule has 1 aromatic carbocycles. The van der Waals surface area contributed by atoms with Crippen LogP contribution < -0.4 is 5.32 Å². The fraction of sp³-hybridized carbons (Fsp3) is 0.273. The standard InChI is InChI=1S/C11H15NO2S/c1-8-6-10(12-3)7-9(2)11(8)4-5-15(13)14/h4-7,12H,1-3H3,(H,13,14)/b5-4+. The Balaban J connectivity index is 3.14. The maximum absolute atomic E-state index is 10.5. The molecule has 0 radical (unpaired) electrons. The fourth-order valence-corrected chi connectivity index (χ4v) is 1.76. The van der Waals surface area contributed by atoms with Crippen LogP contribution in [0.2, 0.25) is 0 Å². The van der Waals surface area contributed by atoms with E-state index in [0.717, 1.165) is 22.4 Å². The molecule has 4 heteroatoms. The Hall–Kier alpha value is -1.13. The molecule has 0 saturated heterocycles. The lowest BCUT2D eigenvalue weighted by molar-refractivity contribution is 0.574. The first-order chi connectivity index (χ1) is 7.04. The van der Waals surface area contributed by atoms with Gasteiger partial charge in [-0.05, 0) is 48.7 Å². The summed E-state index contributed by atoms with van der Waals surface area (Å²) in [7, 11) is 1.87. The van der Waals surface area contributed by atoms with E-state index in [1.807, 2.05) is 33.0 Å². The van der Waals surface area contributed by atoms with Gasteiger partial charge in [0.2, 0.25) is 0 Å². The largest absolute Gasteiger partial charge is 0.388 e. The summed E-state index contributed by atoms with van der Waals surface area (Å²) in [6.45, 7) is 3.96. The Bertz CT molecular complexity index is 390. The second-order valence-electron chi connectivity index (χ2n) is 3.35. The zero-order valence-corrected chi connectivity index (χ0v) is 9.89. The van der Waals surface area contributed by atoms with Gasteiger partial charge in [0, 0.05) is 18.1 Å². The summed E-state index contributed by atoms with van der Waals surface area (Å²) in [5, 5.41) is 4.34. The summed E-state index contributed by atoms with van der Waals surface area (Å²) in [5.74, 6) is 0. The molecule has 0 bridgehead atoms. The minimum Gasteiger partial charge on any atom is -0.388 e. The van der Waals surface area contributed by atoms with Crippen molar-refractivity contribution in [2.45, 2.75) is 13.8 Å². The quantitative estimate of drug-likeness (QED) is 0.777. The molecule has 15 heavy (non-hydrogen) atoms. The minimum atomic E-state index is -1.89. The van der Waals surface area contributed by atoms with Crippen molar-refractivity contribution >= 4 is 22.8 Å². The van der Waals surface area contributed by atoms with Crippen LogP contribution in [0.4, 0.5) is 5.69 Å². The summed E-state index contributed by atoms with van der Waals surface area (Å²) in [6.07, 6.45) is 1.68. The topological polar surface area (TPSA) is 49.3 Å². The Morgan fingerprint density at radius 1 is 1.33 bits per heavy atom. The molecule has 0 amide bonds. The van der Waals surface area contributed by atoms with Crippen molar-refractivity contribution in [3.8, 4) is 0 Å². The van der Waals surface area contributed by atoms with Crippen LogP contribution in [0.5, 0.6) is 0 Å². The summed E-state index contributed by atoms with van der Waals surface area (Å²) < 4.78 is 19.2. The number of hydrogen-bond donors (Lipinski definition) is 2. The Labute approximate surface area is 92.5 Å². The van der Waals surface area contributed by atoms with Gasteiger partial charge in [-0.3, -0.25) is 0 Å². The minimum absolute atomic E-state index is 0.997. The van der Waals surface area contributed by atoms with Crippen LogP contribution in [0.15, 0.2) is 17.5 Å². The van der Waals surface area contributed by atoms with Gasteiger partial charge in [0.05, 0.1) is 0 Å². The van der Waals surface area contributed by atoms with Crippen LogP contribution in [0.25, 0.3) is 6.08 Å². The van der Waals surface area contributed by atoms with Gasteiger partial charge in [0.1, 0.15) is 0 Å². The van der Waals surface area contributed by atoms with Gasteiger partial charge in [-0.15, -0.1) is 0 Å². The molecule has 0 spiro atoms. The van der Waals surface area contributed by atoms with Crippen LogP contribution in [0.3, 0.4) is 0 Å². The zero-order chi connectivity index (χ0) is 11.4. The van der Waals surface area contributed by atoms with E-state index in [4.69, 9.17) is 4.55 Å². The Morgan fingerprint density at radius 2 is 1.87 bits per heavy atom. The second-order valence-corrected chi connectivity index (χ2v) is 4.18. The van der Waals surface area contributed by atoms with Crippen molar-refractivity contribution in [2.24, 2.45) is 0 Å². The number of hydrogen-bond acceptors (Lipinski definition) is 2. The van der Waals surface area contributed by atoms with Crippen molar-refractivity contribution in [1.29, 1.82) is 0 Å². The lowest BCUT2D eigenvalue weighted by Crippen LogP contribution is -1.93. The van der Waals surface area contributed by atoms with Crippen molar-refractivity contribution in [2.75, 3.05) is 12.4 Å². The average molecular weight is 225 g/mol. The summed E-state index contributed by atoms with van der Waals surface area (Å²) in [5.41, 5.74) is 4.21. The molecule has 0 aromatic heterocycles. The third-order valence-electron chi connectivity index (χ3n) is 2.23. The maximum Gasteiger partial charge on any atom is 0.178 e. The predicted octanol–water partition coefficient (Wildman–Crippen LogP) is 2.54. The van der Waals surface area contributed by atoms with Gasteiger partial charge >= 0.3 is 0 Å². The van der Waals surface area contributed by atoms with Crippen LogP contribution in [0.1, 0.15) is 16.7 Å². The van der Waals surface area contributed by atoms with Crippen molar-refractivity contribution in [3.05, 3.63) is 34.2 Å². The zero-order valence-electron chi connectivity index (χ0n) is 9.07. The van der Waals surface area contributed by atoms with Gasteiger partial charge in [0.25, 0.3) is 0 Å². The predicted molar refractivity (Wildman–Crippen MR) is 65.3 cm³/mol. The molecule has 0 aliphatic rings. The van der Waals surface area contributed by atoms with Gasteiger partial charge in [0.15, 0.2) is 11.1 Å². The Kier molecular flexibility index (Phi) is 4.05. The lowest BCUT2D eigenvalue weighted by Gasteiger charge is -2.08. The van der Waals surface area contributed by atoms with Gasteiger partial charge in [-0.2, -0.15) is 0 Å². The van der Waals surface area contributed by atoms with Crippen molar-refractivity contribution < 1.29 is 8.76 Å². The smallest absolute Gasteiger partial charge is 0.178 e. The van der Waals surface area contributed by atoms with E-state index in [2.05, 4.69) is 5.32 Å². The average Bonchev–Trinajstić information content (AvgIpc) is 2.15. The molecule has 0 aliphatic heterocycles. The highest BCUT2D eigenvalue weighted by molar-refractivity contribution is 7.82. The molecule has 0 saturated carbocycles. The van der Waals surface area contributed by atoms with E-state index in [0.29, 0.717) is 0 Å². The molecular formula is C11H15NO2S. The van der Waals surface area contributed by atoms with Crippen LogP contribution in [-0.2, 0) is 11.1 Å². The monoisotopic (exact) mass is 225 g/mol. The summed E-state index contributed by atoms with van der Waals surface area (Å²) in [6, 6.07) is 4.01. The van der Waals surface area contributed by atoms with Gasteiger partial charge in [-0.25, -0.2) is 4.21 Å². The molecule has 1 atom stereocenters. The lowest BCUT2D eigenvalue weighted by atomic mass is 10.0. The van der Waals surface area contributed by atoms with E-state index in [1.54, 1.807) is 6.08 Å². The molecule has 0 aliphatic carbocycles. The second kappa shape index (κ2) is 5.09. The Morgan fingerprint density at radius 3 is 2.27 bits per heavy atom. The third-order valence-corrected chi connectivity index (χ3v) is 2.60. The number of nitrogens with one attached hydrogen (secondary N) is 1. The van der Waals surface area contributed by atoms with Crippen molar-refractivity contribution in [1.82, 2.24) is 0 Å². The van der Waals surface area contributed by atoms with Crippen LogP contribution >= 0.6 is 0 Å². The molecule has 0 heterocycles. The fourth-order valence-electron chi connectivity index (χ4n) is 1.51. The molecule has 3 nitrogen and oxygen atoms in total. The first kappa shape index (κ1) is 11.9. The normalized spacial score (nSPS) is 13.1. The van der Waals surface area contributed by atoms with E-state index in [1.165, 1.54) is 5.41 Å². The highest BCUT2D eigenvalue weighted by Crippen LogP contribution is 2.21. The van der Waals surface area contributed by atoms with Gasteiger partial charge in [-0.1, -0.05) is 0 Å². The SMILES string of the molecule is CNc1cc(C)c(/C=C/S(=O)O)c(C)c1. The molecular weight excluding hydrogens is 210 g/mol. The number of benzene rings is 1. The number of aryl methyl sites for hydroxylation is 2.